The van der Waals surface area contributed by atoms with E-state index in [1.165, 1.54) is 6.92 Å². The van der Waals surface area contributed by atoms with Crippen LogP contribution in [0.15, 0.2) is 12.1 Å². The molecule has 1 atom stereocenters. The Morgan fingerprint density at radius 3 is 2.62 bits per heavy atom. The first-order valence-electron chi connectivity index (χ1n) is 3.90. The smallest absolute Gasteiger partial charge is 0.129 e. The number of hydrogen-bond donors (Lipinski definition) is 2. The number of aliphatic hydroxyl groups excluding tert-OH is 1. The third kappa shape index (κ3) is 2.02. The van der Waals surface area contributed by atoms with E-state index >= 15 is 0 Å². The summed E-state index contributed by atoms with van der Waals surface area (Å²) in [6.45, 7) is 1.42. The Morgan fingerprint density at radius 2 is 2.08 bits per heavy atom. The minimum atomic E-state index is -1.01. The molecule has 0 saturated heterocycles. The highest BCUT2D eigenvalue weighted by atomic mass is 19.1. The zero-order valence-corrected chi connectivity index (χ0v) is 7.22. The highest BCUT2D eigenvalue weighted by Crippen LogP contribution is 2.20. The maximum absolute atomic E-state index is 12.9. The van der Waals surface area contributed by atoms with Crippen LogP contribution < -0.4 is 5.73 Å². The van der Waals surface area contributed by atoms with E-state index in [1.807, 2.05) is 0 Å². The lowest BCUT2D eigenvalue weighted by molar-refractivity contribution is 0.185. The summed E-state index contributed by atoms with van der Waals surface area (Å²) in [6, 6.07) is 1.87. The van der Waals surface area contributed by atoms with E-state index in [0.717, 1.165) is 12.1 Å². The maximum Gasteiger partial charge on any atom is 0.129 e. The molecule has 0 saturated carbocycles. The van der Waals surface area contributed by atoms with Crippen molar-refractivity contribution >= 4 is 0 Å². The SMILES string of the molecule is Cc1c(F)cc(F)cc1C(O)CN. The minimum absolute atomic E-state index is 0.0519. The van der Waals surface area contributed by atoms with E-state index in [-0.39, 0.29) is 17.7 Å². The molecule has 2 nitrogen and oxygen atoms in total. The standard InChI is InChI=1S/C9H11F2NO/c1-5-7(9(13)4-12)2-6(10)3-8(5)11/h2-3,9,13H,4,12H2,1H3. The number of aliphatic hydroxyl groups is 1. The monoisotopic (exact) mass is 187 g/mol. The van der Waals surface area contributed by atoms with Crippen LogP contribution in [0.1, 0.15) is 17.2 Å². The molecule has 0 aliphatic carbocycles. The first kappa shape index (κ1) is 10.1. The third-order valence-electron chi connectivity index (χ3n) is 1.93. The zero-order chi connectivity index (χ0) is 10.0. The van der Waals surface area contributed by atoms with E-state index in [1.54, 1.807) is 0 Å². The van der Waals surface area contributed by atoms with Crippen molar-refractivity contribution in [2.24, 2.45) is 5.73 Å². The van der Waals surface area contributed by atoms with Crippen molar-refractivity contribution in [3.63, 3.8) is 0 Å². The number of halogens is 2. The van der Waals surface area contributed by atoms with Crippen LogP contribution in [0, 0.1) is 18.6 Å². The van der Waals surface area contributed by atoms with Crippen molar-refractivity contribution in [3.8, 4) is 0 Å². The number of hydrogen-bond acceptors (Lipinski definition) is 2. The molecule has 1 aromatic carbocycles. The molecule has 0 heterocycles. The molecule has 72 valence electrons. The van der Waals surface area contributed by atoms with Gasteiger partial charge in [-0.05, 0) is 24.1 Å². The van der Waals surface area contributed by atoms with Crippen LogP contribution >= 0.6 is 0 Å². The molecular weight excluding hydrogens is 176 g/mol. The summed E-state index contributed by atoms with van der Waals surface area (Å²) < 4.78 is 25.7. The van der Waals surface area contributed by atoms with Crippen molar-refractivity contribution in [1.82, 2.24) is 0 Å². The topological polar surface area (TPSA) is 46.2 Å². The van der Waals surface area contributed by atoms with Gasteiger partial charge in [0.1, 0.15) is 11.6 Å². The number of nitrogens with two attached hydrogens (primary N) is 1. The normalized spacial score (nSPS) is 13.0. The van der Waals surface area contributed by atoms with Crippen molar-refractivity contribution in [2.45, 2.75) is 13.0 Å². The Morgan fingerprint density at radius 1 is 1.46 bits per heavy atom. The molecule has 0 aromatic heterocycles. The summed E-state index contributed by atoms with van der Waals surface area (Å²) in [4.78, 5) is 0. The average molecular weight is 187 g/mol. The molecule has 0 radical (unpaired) electrons. The fraction of sp³-hybridized carbons (Fsp3) is 0.333. The van der Waals surface area contributed by atoms with Gasteiger partial charge in [-0.2, -0.15) is 0 Å². The highest BCUT2D eigenvalue weighted by molar-refractivity contribution is 5.30. The zero-order valence-electron chi connectivity index (χ0n) is 7.22. The summed E-state index contributed by atoms with van der Waals surface area (Å²) in [5.74, 6) is -1.37. The van der Waals surface area contributed by atoms with Crippen LogP contribution in [-0.2, 0) is 0 Å². The molecule has 0 fully saturated rings. The predicted molar refractivity (Wildman–Crippen MR) is 45.1 cm³/mol. The molecular formula is C9H11F2NO. The number of rotatable bonds is 2. The average Bonchev–Trinajstić information content (AvgIpc) is 2.10. The van der Waals surface area contributed by atoms with E-state index in [4.69, 9.17) is 5.73 Å². The minimum Gasteiger partial charge on any atom is -0.387 e. The van der Waals surface area contributed by atoms with Crippen LogP contribution in [-0.4, -0.2) is 11.7 Å². The molecule has 13 heavy (non-hydrogen) atoms. The van der Waals surface area contributed by atoms with Gasteiger partial charge in [-0.15, -0.1) is 0 Å². The van der Waals surface area contributed by atoms with Gasteiger partial charge in [-0.25, -0.2) is 8.78 Å². The van der Waals surface area contributed by atoms with Crippen LogP contribution in [0.25, 0.3) is 0 Å². The van der Waals surface area contributed by atoms with Gasteiger partial charge in [-0.1, -0.05) is 0 Å². The molecule has 1 rings (SSSR count). The van der Waals surface area contributed by atoms with Crippen molar-refractivity contribution in [2.75, 3.05) is 6.54 Å². The Balaban J connectivity index is 3.20. The Bertz CT molecular complexity index is 315. The summed E-state index contributed by atoms with van der Waals surface area (Å²) in [7, 11) is 0. The van der Waals surface area contributed by atoms with Crippen LogP contribution in [0.3, 0.4) is 0 Å². The van der Waals surface area contributed by atoms with Gasteiger partial charge in [-0.3, -0.25) is 0 Å². The van der Waals surface area contributed by atoms with Crippen LogP contribution in [0.5, 0.6) is 0 Å². The molecule has 0 aliphatic rings. The van der Waals surface area contributed by atoms with Crippen LogP contribution in [0.2, 0.25) is 0 Å². The predicted octanol–water partition coefficient (Wildman–Crippen LogP) is 1.27. The Hall–Kier alpha value is -1.00. The van der Waals surface area contributed by atoms with Gasteiger partial charge >= 0.3 is 0 Å². The molecule has 3 N–H and O–H groups in total. The lowest BCUT2D eigenvalue weighted by Crippen LogP contribution is -2.13. The largest absolute Gasteiger partial charge is 0.387 e. The van der Waals surface area contributed by atoms with Gasteiger partial charge < -0.3 is 10.8 Å². The second-order valence-corrected chi connectivity index (χ2v) is 2.85. The quantitative estimate of drug-likeness (QED) is 0.732. The van der Waals surface area contributed by atoms with Crippen molar-refractivity contribution in [3.05, 3.63) is 34.9 Å². The van der Waals surface area contributed by atoms with Gasteiger partial charge in [0.15, 0.2) is 0 Å². The summed E-state index contributed by atoms with van der Waals surface area (Å²) >= 11 is 0. The van der Waals surface area contributed by atoms with Gasteiger partial charge in [0, 0.05) is 12.6 Å². The molecule has 1 aromatic rings. The first-order valence-corrected chi connectivity index (χ1v) is 3.90. The van der Waals surface area contributed by atoms with Crippen molar-refractivity contribution in [1.29, 1.82) is 0 Å². The van der Waals surface area contributed by atoms with E-state index in [9.17, 15) is 13.9 Å². The second kappa shape index (κ2) is 3.81. The van der Waals surface area contributed by atoms with E-state index in [0.29, 0.717) is 0 Å². The lowest BCUT2D eigenvalue weighted by Gasteiger charge is -2.11. The lowest BCUT2D eigenvalue weighted by atomic mass is 10.0. The van der Waals surface area contributed by atoms with E-state index in [2.05, 4.69) is 0 Å². The molecule has 0 amide bonds. The van der Waals surface area contributed by atoms with Crippen LogP contribution in [0.4, 0.5) is 8.78 Å². The molecule has 4 heteroatoms. The molecule has 0 spiro atoms. The summed E-state index contributed by atoms with van der Waals surface area (Å²) in [5, 5.41) is 9.30. The first-order chi connectivity index (χ1) is 6.06. The second-order valence-electron chi connectivity index (χ2n) is 2.85. The van der Waals surface area contributed by atoms with Gasteiger partial charge in [0.05, 0.1) is 6.10 Å². The molecule has 0 aliphatic heterocycles. The fourth-order valence-corrected chi connectivity index (χ4v) is 1.14. The summed E-state index contributed by atoms with van der Waals surface area (Å²) in [6.07, 6.45) is -1.01. The molecule has 0 bridgehead atoms. The van der Waals surface area contributed by atoms with E-state index < -0.39 is 17.7 Å². The number of benzene rings is 1. The summed E-state index contributed by atoms with van der Waals surface area (Å²) in [5.41, 5.74) is 5.62. The maximum atomic E-state index is 12.9. The third-order valence-corrected chi connectivity index (χ3v) is 1.93. The Kier molecular flexibility index (Phi) is 2.95. The van der Waals surface area contributed by atoms with Gasteiger partial charge in [0.2, 0.25) is 0 Å². The van der Waals surface area contributed by atoms with Gasteiger partial charge in [0.25, 0.3) is 0 Å². The fourth-order valence-electron chi connectivity index (χ4n) is 1.14. The molecule has 1 unspecified atom stereocenters. The van der Waals surface area contributed by atoms with Crippen molar-refractivity contribution < 1.29 is 13.9 Å². The Labute approximate surface area is 75.0 Å². The highest BCUT2D eigenvalue weighted by Gasteiger charge is 2.13.